The van der Waals surface area contributed by atoms with E-state index in [0.717, 1.165) is 28.5 Å². The second-order valence-corrected chi connectivity index (χ2v) is 4.85. The molecule has 4 heteroatoms. The van der Waals surface area contributed by atoms with Crippen LogP contribution < -0.4 is 0 Å². The summed E-state index contributed by atoms with van der Waals surface area (Å²) in [5.41, 5.74) is 1.10. The molecular formula is C10H10ClNOS. The molecule has 0 spiro atoms. The lowest BCUT2D eigenvalue weighted by Crippen LogP contribution is -2.06. The number of halogens is 1. The molecule has 0 bridgehead atoms. The molecule has 0 aromatic carbocycles. The van der Waals surface area contributed by atoms with Gasteiger partial charge in [0.25, 0.3) is 0 Å². The SMILES string of the molecule is CC(C#N)c1sc2c(c1Cl)COCC2. The van der Waals surface area contributed by atoms with E-state index in [2.05, 4.69) is 6.07 Å². The van der Waals surface area contributed by atoms with Crippen LogP contribution in [0.5, 0.6) is 0 Å². The molecule has 2 heterocycles. The maximum Gasteiger partial charge on any atom is 0.0793 e. The van der Waals surface area contributed by atoms with Crippen LogP contribution in [0.15, 0.2) is 0 Å². The molecular weight excluding hydrogens is 218 g/mol. The Balaban J connectivity index is 2.44. The van der Waals surface area contributed by atoms with Crippen LogP contribution in [0.3, 0.4) is 0 Å². The third-order valence-electron chi connectivity index (χ3n) is 2.36. The minimum atomic E-state index is -0.113. The van der Waals surface area contributed by atoms with Gasteiger partial charge in [0, 0.05) is 21.7 Å². The molecule has 0 saturated carbocycles. The molecule has 0 fully saturated rings. The third-order valence-corrected chi connectivity index (χ3v) is 4.38. The first-order valence-electron chi connectivity index (χ1n) is 4.51. The number of nitrogens with zero attached hydrogens (tertiary/aromatic N) is 1. The summed E-state index contributed by atoms with van der Waals surface area (Å²) in [5, 5.41) is 9.59. The summed E-state index contributed by atoms with van der Waals surface area (Å²) in [6.07, 6.45) is 0.928. The summed E-state index contributed by atoms with van der Waals surface area (Å²) >= 11 is 7.86. The van der Waals surface area contributed by atoms with Crippen molar-refractivity contribution >= 4 is 22.9 Å². The van der Waals surface area contributed by atoms with Gasteiger partial charge in [-0.3, -0.25) is 0 Å². The van der Waals surface area contributed by atoms with Crippen molar-refractivity contribution in [1.29, 1.82) is 5.26 Å². The average molecular weight is 228 g/mol. The normalized spacial score (nSPS) is 17.2. The van der Waals surface area contributed by atoms with Gasteiger partial charge in [-0.2, -0.15) is 5.26 Å². The van der Waals surface area contributed by atoms with Crippen LogP contribution in [-0.2, 0) is 17.8 Å². The zero-order valence-corrected chi connectivity index (χ0v) is 9.41. The topological polar surface area (TPSA) is 33.0 Å². The van der Waals surface area contributed by atoms with Gasteiger partial charge in [-0.25, -0.2) is 0 Å². The van der Waals surface area contributed by atoms with Crippen molar-refractivity contribution in [3.8, 4) is 6.07 Å². The van der Waals surface area contributed by atoms with Gasteiger partial charge in [0.1, 0.15) is 0 Å². The fraction of sp³-hybridized carbons (Fsp3) is 0.500. The summed E-state index contributed by atoms with van der Waals surface area (Å²) in [5.74, 6) is -0.113. The minimum absolute atomic E-state index is 0.113. The lowest BCUT2D eigenvalue weighted by molar-refractivity contribution is 0.112. The fourth-order valence-corrected chi connectivity index (χ4v) is 3.21. The van der Waals surface area contributed by atoms with E-state index >= 15 is 0 Å². The molecule has 74 valence electrons. The van der Waals surface area contributed by atoms with Gasteiger partial charge in [0.2, 0.25) is 0 Å². The zero-order valence-electron chi connectivity index (χ0n) is 7.84. The lowest BCUT2D eigenvalue weighted by Gasteiger charge is -2.11. The highest BCUT2D eigenvalue weighted by molar-refractivity contribution is 7.13. The molecule has 0 N–H and O–H groups in total. The summed E-state index contributed by atoms with van der Waals surface area (Å²) < 4.78 is 5.34. The molecule has 0 aliphatic carbocycles. The molecule has 1 aromatic rings. The molecule has 1 aromatic heterocycles. The Hall–Kier alpha value is -0.560. The molecule has 1 unspecified atom stereocenters. The second kappa shape index (κ2) is 3.90. The third kappa shape index (κ3) is 1.54. The molecule has 1 aliphatic heterocycles. The quantitative estimate of drug-likeness (QED) is 0.739. The van der Waals surface area contributed by atoms with Crippen LogP contribution in [0.2, 0.25) is 5.02 Å². The van der Waals surface area contributed by atoms with E-state index in [0.29, 0.717) is 6.61 Å². The average Bonchev–Trinajstić information content (AvgIpc) is 2.56. The molecule has 2 rings (SSSR count). The second-order valence-electron chi connectivity index (χ2n) is 3.34. The molecule has 2 nitrogen and oxygen atoms in total. The molecule has 0 radical (unpaired) electrons. The number of ether oxygens (including phenoxy) is 1. The first kappa shape index (κ1) is 9.97. The summed E-state index contributed by atoms with van der Waals surface area (Å²) in [4.78, 5) is 2.28. The van der Waals surface area contributed by atoms with Crippen LogP contribution in [0.25, 0.3) is 0 Å². The van der Waals surface area contributed by atoms with Crippen LogP contribution in [0, 0.1) is 11.3 Å². The Kier molecular flexibility index (Phi) is 2.78. The van der Waals surface area contributed by atoms with Gasteiger partial charge >= 0.3 is 0 Å². The molecule has 1 atom stereocenters. The van der Waals surface area contributed by atoms with Gasteiger partial charge in [-0.05, 0) is 6.92 Å². The Morgan fingerprint density at radius 2 is 2.43 bits per heavy atom. The van der Waals surface area contributed by atoms with Crippen LogP contribution >= 0.6 is 22.9 Å². The van der Waals surface area contributed by atoms with Crippen molar-refractivity contribution < 1.29 is 4.74 Å². The predicted molar refractivity (Wildman–Crippen MR) is 56.7 cm³/mol. The highest BCUT2D eigenvalue weighted by Crippen LogP contribution is 2.39. The monoisotopic (exact) mass is 227 g/mol. The van der Waals surface area contributed by atoms with Gasteiger partial charge in [0.05, 0.1) is 30.2 Å². The van der Waals surface area contributed by atoms with Crippen molar-refractivity contribution in [3.63, 3.8) is 0 Å². The first-order valence-corrected chi connectivity index (χ1v) is 5.70. The smallest absolute Gasteiger partial charge is 0.0793 e. The van der Waals surface area contributed by atoms with Crippen molar-refractivity contribution in [1.82, 2.24) is 0 Å². The van der Waals surface area contributed by atoms with E-state index in [4.69, 9.17) is 21.6 Å². The van der Waals surface area contributed by atoms with Crippen LogP contribution in [0.1, 0.15) is 28.2 Å². The van der Waals surface area contributed by atoms with E-state index in [1.807, 2.05) is 6.92 Å². The molecule has 0 saturated heterocycles. The van der Waals surface area contributed by atoms with E-state index in [-0.39, 0.29) is 5.92 Å². The minimum Gasteiger partial charge on any atom is -0.376 e. The number of nitriles is 1. The summed E-state index contributed by atoms with van der Waals surface area (Å²) in [7, 11) is 0. The standard InChI is InChI=1S/C10H10ClNOS/c1-6(4-12)10-9(11)7-5-13-3-2-8(7)14-10/h6H,2-3,5H2,1H3. The van der Waals surface area contributed by atoms with Crippen molar-refractivity contribution in [2.75, 3.05) is 6.61 Å². The number of fused-ring (bicyclic) bond motifs is 1. The Bertz CT molecular complexity index is 394. The lowest BCUT2D eigenvalue weighted by atomic mass is 10.1. The molecule has 14 heavy (non-hydrogen) atoms. The highest BCUT2D eigenvalue weighted by atomic mass is 35.5. The maximum atomic E-state index is 8.84. The van der Waals surface area contributed by atoms with Crippen molar-refractivity contribution in [3.05, 3.63) is 20.3 Å². The van der Waals surface area contributed by atoms with E-state index in [1.54, 1.807) is 11.3 Å². The van der Waals surface area contributed by atoms with Crippen molar-refractivity contribution in [2.24, 2.45) is 0 Å². The Labute approximate surface area is 92.1 Å². The van der Waals surface area contributed by atoms with E-state index < -0.39 is 0 Å². The zero-order chi connectivity index (χ0) is 10.1. The number of hydrogen-bond acceptors (Lipinski definition) is 3. The predicted octanol–water partition coefficient (Wildman–Crippen LogP) is 3.10. The number of hydrogen-bond donors (Lipinski definition) is 0. The van der Waals surface area contributed by atoms with Gasteiger partial charge in [0.15, 0.2) is 0 Å². The largest absolute Gasteiger partial charge is 0.376 e. The number of thiophene rings is 1. The Morgan fingerprint density at radius 1 is 1.64 bits per heavy atom. The van der Waals surface area contributed by atoms with Crippen molar-refractivity contribution in [2.45, 2.75) is 25.9 Å². The van der Waals surface area contributed by atoms with Gasteiger partial charge in [-0.1, -0.05) is 11.6 Å². The van der Waals surface area contributed by atoms with Crippen LogP contribution in [-0.4, -0.2) is 6.61 Å². The maximum absolute atomic E-state index is 8.84. The molecule has 1 aliphatic rings. The van der Waals surface area contributed by atoms with E-state index in [1.165, 1.54) is 4.88 Å². The number of rotatable bonds is 1. The highest BCUT2D eigenvalue weighted by Gasteiger charge is 2.22. The summed E-state index contributed by atoms with van der Waals surface area (Å²) in [6.45, 7) is 3.25. The van der Waals surface area contributed by atoms with Gasteiger partial charge < -0.3 is 4.74 Å². The first-order chi connectivity index (χ1) is 6.74. The van der Waals surface area contributed by atoms with Gasteiger partial charge in [-0.15, -0.1) is 11.3 Å². The molecule has 0 amide bonds. The van der Waals surface area contributed by atoms with E-state index in [9.17, 15) is 0 Å². The summed E-state index contributed by atoms with van der Waals surface area (Å²) in [6, 6.07) is 2.22. The fourth-order valence-electron chi connectivity index (χ4n) is 1.53. The van der Waals surface area contributed by atoms with Crippen LogP contribution in [0.4, 0.5) is 0 Å². The Morgan fingerprint density at radius 3 is 3.07 bits per heavy atom.